The van der Waals surface area contributed by atoms with Crippen LogP contribution in [0.4, 0.5) is 0 Å². The van der Waals surface area contributed by atoms with Crippen LogP contribution < -0.4 is 11.3 Å². The number of aromatic nitrogens is 2. The zero-order chi connectivity index (χ0) is 25.8. The highest BCUT2D eigenvalue weighted by molar-refractivity contribution is 6.31. The highest BCUT2D eigenvalue weighted by Crippen LogP contribution is 2.26. The van der Waals surface area contributed by atoms with E-state index >= 15 is 0 Å². The van der Waals surface area contributed by atoms with Crippen molar-refractivity contribution in [3.8, 4) is 0 Å². The predicted molar refractivity (Wildman–Crippen MR) is 144 cm³/mol. The molecule has 0 aliphatic carbocycles. The minimum atomic E-state index is -0.402. The number of hydrogen-bond acceptors (Lipinski definition) is 4. The maximum Gasteiger partial charge on any atom is 0.261 e. The van der Waals surface area contributed by atoms with Crippen molar-refractivity contribution in [2.75, 3.05) is 13.1 Å². The topological polar surface area (TPSA) is 81.2 Å². The summed E-state index contributed by atoms with van der Waals surface area (Å²) in [4.78, 5) is 33.4. The SMILES string of the molecule is CC(c1nc2cc(Cl)ccc2c(=O)n1C)N(CCCCCCN)C(=O)c1ccc(C(C)(C)C)cc1. The summed E-state index contributed by atoms with van der Waals surface area (Å²) < 4.78 is 1.54. The number of carbonyl (C=O) groups excluding carboxylic acids is 1. The highest BCUT2D eigenvalue weighted by atomic mass is 35.5. The van der Waals surface area contributed by atoms with Gasteiger partial charge in [0.15, 0.2) is 0 Å². The molecule has 0 fully saturated rings. The van der Waals surface area contributed by atoms with Crippen LogP contribution in [0.5, 0.6) is 0 Å². The second-order valence-corrected chi connectivity index (χ2v) is 10.6. The first-order chi connectivity index (χ1) is 16.5. The van der Waals surface area contributed by atoms with Gasteiger partial charge in [-0.25, -0.2) is 4.98 Å². The van der Waals surface area contributed by atoms with E-state index < -0.39 is 6.04 Å². The Morgan fingerprint density at radius 3 is 2.37 bits per heavy atom. The van der Waals surface area contributed by atoms with Crippen LogP contribution in [-0.2, 0) is 12.5 Å². The van der Waals surface area contributed by atoms with Crippen LogP contribution in [0.25, 0.3) is 10.9 Å². The van der Waals surface area contributed by atoms with Crippen LogP contribution in [-0.4, -0.2) is 33.4 Å². The first-order valence-corrected chi connectivity index (χ1v) is 12.7. The second-order valence-electron chi connectivity index (χ2n) is 10.2. The fourth-order valence-corrected chi connectivity index (χ4v) is 4.47. The third kappa shape index (κ3) is 6.30. The number of nitrogens with two attached hydrogens (primary N) is 1. The number of fused-ring (bicyclic) bond motifs is 1. The van der Waals surface area contributed by atoms with E-state index in [-0.39, 0.29) is 16.9 Å². The largest absolute Gasteiger partial charge is 0.330 e. The van der Waals surface area contributed by atoms with Crippen molar-refractivity contribution in [1.82, 2.24) is 14.5 Å². The third-order valence-electron chi connectivity index (χ3n) is 6.53. The Labute approximate surface area is 213 Å². The molecule has 1 atom stereocenters. The van der Waals surface area contributed by atoms with Gasteiger partial charge in [0.1, 0.15) is 5.82 Å². The summed E-state index contributed by atoms with van der Waals surface area (Å²) in [5.41, 5.74) is 7.82. The summed E-state index contributed by atoms with van der Waals surface area (Å²) in [6.45, 7) is 9.62. The molecule has 1 aromatic heterocycles. The van der Waals surface area contributed by atoms with Crippen molar-refractivity contribution in [2.45, 2.75) is 64.8 Å². The number of nitrogens with zero attached hydrogens (tertiary/aromatic N) is 3. The normalized spacial score (nSPS) is 12.7. The van der Waals surface area contributed by atoms with Crippen molar-refractivity contribution < 1.29 is 4.79 Å². The van der Waals surface area contributed by atoms with Gasteiger partial charge in [-0.1, -0.05) is 57.3 Å². The average molecular weight is 497 g/mol. The van der Waals surface area contributed by atoms with E-state index in [4.69, 9.17) is 22.3 Å². The van der Waals surface area contributed by atoms with Gasteiger partial charge in [-0.3, -0.25) is 14.2 Å². The van der Waals surface area contributed by atoms with Crippen LogP contribution in [0.3, 0.4) is 0 Å². The predicted octanol–water partition coefficient (Wildman–Crippen LogP) is 5.61. The Hall–Kier alpha value is -2.70. The van der Waals surface area contributed by atoms with Crippen molar-refractivity contribution in [2.24, 2.45) is 12.8 Å². The van der Waals surface area contributed by atoms with Gasteiger partial charge in [0.25, 0.3) is 11.5 Å². The molecule has 2 N–H and O–H groups in total. The molecular weight excluding hydrogens is 460 g/mol. The smallest absolute Gasteiger partial charge is 0.261 e. The van der Waals surface area contributed by atoms with Crippen LogP contribution in [0.1, 0.15) is 81.2 Å². The maximum absolute atomic E-state index is 13.7. The van der Waals surface area contributed by atoms with Gasteiger partial charge in [-0.05, 0) is 67.6 Å². The maximum atomic E-state index is 13.7. The number of amides is 1. The molecule has 188 valence electrons. The molecular formula is C28H37ClN4O2. The summed E-state index contributed by atoms with van der Waals surface area (Å²) in [5.74, 6) is 0.462. The van der Waals surface area contributed by atoms with Crippen molar-refractivity contribution >= 4 is 28.4 Å². The van der Waals surface area contributed by atoms with Crippen LogP contribution in [0.15, 0.2) is 47.3 Å². The van der Waals surface area contributed by atoms with E-state index in [0.29, 0.717) is 40.4 Å². The van der Waals surface area contributed by atoms with E-state index in [0.717, 1.165) is 25.7 Å². The number of halogens is 1. The molecule has 0 bridgehead atoms. The Morgan fingerprint density at radius 1 is 1.09 bits per heavy atom. The summed E-state index contributed by atoms with van der Waals surface area (Å²) in [6.07, 6.45) is 3.83. The lowest BCUT2D eigenvalue weighted by Gasteiger charge is -2.30. The quantitative estimate of drug-likeness (QED) is 0.390. The minimum absolute atomic E-state index is 0.00607. The van der Waals surface area contributed by atoms with Crippen LogP contribution in [0, 0.1) is 0 Å². The molecule has 3 aromatic rings. The standard InChI is InChI=1S/C28H37ClN4O2/c1-19(25-31-24-18-22(29)14-15-23(24)27(35)32(25)5)33(17-9-7-6-8-16-30)26(34)20-10-12-21(13-11-20)28(2,3)4/h10-15,18-19H,6-9,16-17,30H2,1-5H3. The average Bonchev–Trinajstić information content (AvgIpc) is 2.82. The van der Waals surface area contributed by atoms with Crippen molar-refractivity contribution in [1.29, 1.82) is 0 Å². The lowest BCUT2D eigenvalue weighted by atomic mass is 9.86. The molecule has 7 heteroatoms. The van der Waals surface area contributed by atoms with Gasteiger partial charge in [-0.15, -0.1) is 0 Å². The molecule has 1 heterocycles. The molecule has 0 saturated carbocycles. The molecule has 0 saturated heterocycles. The van der Waals surface area contributed by atoms with Crippen LogP contribution in [0.2, 0.25) is 5.02 Å². The molecule has 35 heavy (non-hydrogen) atoms. The van der Waals surface area contributed by atoms with Crippen molar-refractivity contribution in [3.63, 3.8) is 0 Å². The molecule has 1 unspecified atom stereocenters. The molecule has 0 aliphatic heterocycles. The molecule has 0 aliphatic rings. The van der Waals surface area contributed by atoms with E-state index in [1.54, 1.807) is 25.2 Å². The number of benzene rings is 2. The molecule has 0 radical (unpaired) electrons. The summed E-state index contributed by atoms with van der Waals surface area (Å²) in [5, 5.41) is 1.02. The summed E-state index contributed by atoms with van der Waals surface area (Å²) >= 11 is 6.17. The van der Waals surface area contributed by atoms with E-state index in [1.165, 1.54) is 10.1 Å². The Balaban J connectivity index is 1.98. The zero-order valence-electron chi connectivity index (χ0n) is 21.5. The first-order valence-electron chi connectivity index (χ1n) is 12.3. The molecule has 2 aromatic carbocycles. The van der Waals surface area contributed by atoms with E-state index in [2.05, 4.69) is 20.8 Å². The molecule has 6 nitrogen and oxygen atoms in total. The molecule has 0 spiro atoms. The minimum Gasteiger partial charge on any atom is -0.330 e. The van der Waals surface area contributed by atoms with Gasteiger partial charge in [0.05, 0.1) is 16.9 Å². The third-order valence-corrected chi connectivity index (χ3v) is 6.76. The number of rotatable bonds is 9. The molecule has 1 amide bonds. The lowest BCUT2D eigenvalue weighted by Crippen LogP contribution is -2.38. The van der Waals surface area contributed by atoms with Gasteiger partial charge in [-0.2, -0.15) is 0 Å². The van der Waals surface area contributed by atoms with Crippen molar-refractivity contribution in [3.05, 3.63) is 74.8 Å². The highest BCUT2D eigenvalue weighted by Gasteiger charge is 2.26. The fourth-order valence-electron chi connectivity index (χ4n) is 4.30. The lowest BCUT2D eigenvalue weighted by molar-refractivity contribution is 0.0675. The zero-order valence-corrected chi connectivity index (χ0v) is 22.2. The fraction of sp³-hybridized carbons (Fsp3) is 0.464. The van der Waals surface area contributed by atoms with Gasteiger partial charge < -0.3 is 10.6 Å². The van der Waals surface area contributed by atoms with E-state index in [1.807, 2.05) is 36.1 Å². The Kier molecular flexibility index (Phi) is 8.73. The number of unbranched alkanes of at least 4 members (excludes halogenated alkanes) is 3. The van der Waals surface area contributed by atoms with Gasteiger partial charge in [0, 0.05) is 24.2 Å². The Morgan fingerprint density at radius 2 is 1.74 bits per heavy atom. The van der Waals surface area contributed by atoms with Crippen LogP contribution >= 0.6 is 11.6 Å². The number of carbonyl (C=O) groups is 1. The monoisotopic (exact) mass is 496 g/mol. The Bertz CT molecular complexity index is 1230. The number of hydrogen-bond donors (Lipinski definition) is 1. The first kappa shape index (κ1) is 26.9. The summed E-state index contributed by atoms with van der Waals surface area (Å²) in [6, 6.07) is 12.5. The summed E-state index contributed by atoms with van der Waals surface area (Å²) in [7, 11) is 1.71. The van der Waals surface area contributed by atoms with E-state index in [9.17, 15) is 9.59 Å². The van der Waals surface area contributed by atoms with Gasteiger partial charge >= 0.3 is 0 Å². The molecule has 3 rings (SSSR count). The second kappa shape index (κ2) is 11.4. The van der Waals surface area contributed by atoms with Gasteiger partial charge in [0.2, 0.25) is 0 Å².